The lowest BCUT2D eigenvalue weighted by Crippen LogP contribution is -2.32. The summed E-state index contributed by atoms with van der Waals surface area (Å²) in [6.45, 7) is 3.36. The van der Waals surface area contributed by atoms with Crippen LogP contribution in [0.4, 0.5) is 0 Å². The second kappa shape index (κ2) is 13.0. The molecule has 6 nitrogen and oxygen atoms in total. The summed E-state index contributed by atoms with van der Waals surface area (Å²) in [6, 6.07) is 7.36. The van der Waals surface area contributed by atoms with E-state index in [1.807, 2.05) is 18.2 Å². The van der Waals surface area contributed by atoms with Gasteiger partial charge in [-0.3, -0.25) is 4.79 Å². The summed E-state index contributed by atoms with van der Waals surface area (Å²) in [5, 5.41) is 3.10. The monoisotopic (exact) mass is 434 g/mol. The predicted octanol–water partition coefficient (Wildman–Crippen LogP) is 2.15. The largest absolute Gasteiger partial charge is 0.484 e. The molecule has 0 saturated carbocycles. The summed E-state index contributed by atoms with van der Waals surface area (Å²) in [5.74, 6) is 0.539. The highest BCUT2D eigenvalue weighted by Gasteiger charge is 1.99. The molecule has 5 N–H and O–H groups in total. The van der Waals surface area contributed by atoms with Gasteiger partial charge < -0.3 is 21.5 Å². The first-order valence-corrected chi connectivity index (χ1v) is 7.65. The van der Waals surface area contributed by atoms with Crippen molar-refractivity contribution in [2.45, 2.75) is 39.2 Å². The van der Waals surface area contributed by atoms with Crippen molar-refractivity contribution in [1.29, 1.82) is 0 Å². The molecule has 0 aliphatic carbocycles. The fourth-order valence-electron chi connectivity index (χ4n) is 1.89. The van der Waals surface area contributed by atoms with Crippen molar-refractivity contribution in [1.82, 2.24) is 5.32 Å². The van der Waals surface area contributed by atoms with Gasteiger partial charge in [0.15, 0.2) is 12.6 Å². The molecule has 0 bridgehead atoms. The number of primary amides is 1. The van der Waals surface area contributed by atoms with Crippen molar-refractivity contribution < 1.29 is 9.53 Å². The number of benzene rings is 1. The number of ether oxygens (including phenoxy) is 1. The number of guanidine groups is 1. The van der Waals surface area contributed by atoms with Crippen LogP contribution in [-0.2, 0) is 11.3 Å². The Morgan fingerprint density at radius 2 is 2.04 bits per heavy atom. The second-order valence-corrected chi connectivity index (χ2v) is 5.09. The van der Waals surface area contributed by atoms with E-state index in [9.17, 15) is 4.79 Å². The molecule has 0 unspecified atom stereocenters. The maximum Gasteiger partial charge on any atom is 0.255 e. The number of nitrogens with two attached hydrogens (primary N) is 2. The van der Waals surface area contributed by atoms with Crippen LogP contribution in [0.15, 0.2) is 29.3 Å². The van der Waals surface area contributed by atoms with Gasteiger partial charge in [0.25, 0.3) is 5.91 Å². The van der Waals surface area contributed by atoms with Crippen molar-refractivity contribution in [3.63, 3.8) is 0 Å². The third-order valence-electron chi connectivity index (χ3n) is 3.05. The Balaban J connectivity index is 0.00000484. The van der Waals surface area contributed by atoms with Gasteiger partial charge in [-0.2, -0.15) is 0 Å². The standard InChI is InChI=1S/C16H26N4O2.HI/c1-2-3-4-5-9-19-16(18)20-11-13-7-6-8-14(10-13)22-12-15(17)21;/h6-8,10H,2-5,9,11-12H2,1H3,(H2,17,21)(H3,18,19,20);1H. The SMILES string of the molecule is CCCCCCNC(N)=NCc1cccc(OCC(N)=O)c1.I. The van der Waals surface area contributed by atoms with Crippen molar-refractivity contribution in [3.8, 4) is 5.75 Å². The first kappa shape index (κ1) is 21.5. The van der Waals surface area contributed by atoms with Crippen molar-refractivity contribution >= 4 is 35.8 Å². The first-order valence-electron chi connectivity index (χ1n) is 7.65. The lowest BCUT2D eigenvalue weighted by atomic mass is 10.2. The molecule has 130 valence electrons. The van der Waals surface area contributed by atoms with Crippen LogP contribution in [-0.4, -0.2) is 25.0 Å². The molecule has 0 fully saturated rings. The zero-order valence-corrected chi connectivity index (χ0v) is 15.9. The predicted molar refractivity (Wildman–Crippen MR) is 104 cm³/mol. The van der Waals surface area contributed by atoms with E-state index in [0.29, 0.717) is 18.3 Å². The summed E-state index contributed by atoms with van der Waals surface area (Å²) >= 11 is 0. The van der Waals surface area contributed by atoms with Gasteiger partial charge in [0.2, 0.25) is 0 Å². The van der Waals surface area contributed by atoms with Crippen molar-refractivity contribution in [2.24, 2.45) is 16.5 Å². The third kappa shape index (κ3) is 10.8. The molecule has 1 aromatic carbocycles. The molecule has 0 spiro atoms. The van der Waals surface area contributed by atoms with Gasteiger partial charge in [-0.05, 0) is 24.1 Å². The van der Waals surface area contributed by atoms with E-state index in [1.165, 1.54) is 19.3 Å². The summed E-state index contributed by atoms with van der Waals surface area (Å²) in [7, 11) is 0. The number of nitrogens with zero attached hydrogens (tertiary/aromatic N) is 1. The van der Waals surface area contributed by atoms with Crippen LogP contribution < -0.4 is 21.5 Å². The van der Waals surface area contributed by atoms with Crippen molar-refractivity contribution in [3.05, 3.63) is 29.8 Å². The number of hydrogen-bond acceptors (Lipinski definition) is 3. The highest BCUT2D eigenvalue weighted by molar-refractivity contribution is 14.0. The van der Waals surface area contributed by atoms with Gasteiger partial charge in [-0.15, -0.1) is 24.0 Å². The Morgan fingerprint density at radius 1 is 1.26 bits per heavy atom. The zero-order valence-electron chi connectivity index (χ0n) is 13.6. The molecule has 0 saturated heterocycles. The Morgan fingerprint density at radius 3 is 2.74 bits per heavy atom. The van der Waals surface area contributed by atoms with Crippen LogP contribution in [0.25, 0.3) is 0 Å². The molecule has 0 radical (unpaired) electrons. The fourth-order valence-corrected chi connectivity index (χ4v) is 1.89. The number of halogens is 1. The minimum absolute atomic E-state index is 0. The number of nitrogens with one attached hydrogen (secondary N) is 1. The average Bonchev–Trinajstić information content (AvgIpc) is 2.51. The highest BCUT2D eigenvalue weighted by atomic mass is 127. The molecular weight excluding hydrogens is 407 g/mol. The zero-order chi connectivity index (χ0) is 16.2. The van der Waals surface area contributed by atoms with Gasteiger partial charge in [0, 0.05) is 6.54 Å². The van der Waals surface area contributed by atoms with Gasteiger partial charge in [0.05, 0.1) is 6.54 Å². The number of hydrogen-bond donors (Lipinski definition) is 3. The molecule has 23 heavy (non-hydrogen) atoms. The molecule has 1 aromatic rings. The Kier molecular flexibility index (Phi) is 12.1. The Hall–Kier alpha value is -1.51. The van der Waals surface area contributed by atoms with Gasteiger partial charge >= 0.3 is 0 Å². The molecule has 0 aliphatic heterocycles. The summed E-state index contributed by atoms with van der Waals surface area (Å²) < 4.78 is 5.25. The Labute approximate surface area is 155 Å². The average molecular weight is 434 g/mol. The fraction of sp³-hybridized carbons (Fsp3) is 0.500. The van der Waals surface area contributed by atoms with Crippen LogP contribution in [0.5, 0.6) is 5.75 Å². The van der Waals surface area contributed by atoms with Crippen LogP contribution in [0.2, 0.25) is 0 Å². The number of rotatable bonds is 10. The van der Waals surface area contributed by atoms with E-state index in [1.54, 1.807) is 6.07 Å². The molecule has 1 rings (SSSR count). The van der Waals surface area contributed by atoms with E-state index >= 15 is 0 Å². The summed E-state index contributed by atoms with van der Waals surface area (Å²) in [6.07, 6.45) is 4.77. The molecular formula is C16H27IN4O2. The van der Waals surface area contributed by atoms with Crippen LogP contribution in [0, 0.1) is 0 Å². The van der Waals surface area contributed by atoms with E-state index in [0.717, 1.165) is 18.5 Å². The smallest absolute Gasteiger partial charge is 0.255 e. The first-order chi connectivity index (χ1) is 10.6. The van der Waals surface area contributed by atoms with E-state index in [2.05, 4.69) is 17.2 Å². The quantitative estimate of drug-likeness (QED) is 0.227. The molecule has 0 aromatic heterocycles. The maximum absolute atomic E-state index is 10.7. The van der Waals surface area contributed by atoms with E-state index in [4.69, 9.17) is 16.2 Å². The number of carbonyl (C=O) groups excluding carboxylic acids is 1. The van der Waals surface area contributed by atoms with E-state index < -0.39 is 5.91 Å². The third-order valence-corrected chi connectivity index (χ3v) is 3.05. The lowest BCUT2D eigenvalue weighted by molar-refractivity contribution is -0.119. The molecule has 7 heteroatoms. The number of unbranched alkanes of at least 4 members (excludes halogenated alkanes) is 3. The summed E-state index contributed by atoms with van der Waals surface area (Å²) in [4.78, 5) is 15.0. The van der Waals surface area contributed by atoms with Crippen LogP contribution in [0.3, 0.4) is 0 Å². The van der Waals surface area contributed by atoms with Gasteiger partial charge in [-0.1, -0.05) is 38.3 Å². The second-order valence-electron chi connectivity index (χ2n) is 5.09. The van der Waals surface area contributed by atoms with Crippen LogP contribution >= 0.6 is 24.0 Å². The molecule has 0 heterocycles. The van der Waals surface area contributed by atoms with Crippen molar-refractivity contribution in [2.75, 3.05) is 13.2 Å². The van der Waals surface area contributed by atoms with E-state index in [-0.39, 0.29) is 30.6 Å². The molecule has 0 aliphatic rings. The van der Waals surface area contributed by atoms with Gasteiger partial charge in [0.1, 0.15) is 5.75 Å². The maximum atomic E-state index is 10.7. The minimum Gasteiger partial charge on any atom is -0.484 e. The minimum atomic E-state index is -0.500. The van der Waals surface area contributed by atoms with Gasteiger partial charge in [-0.25, -0.2) is 4.99 Å². The number of aliphatic imine (C=N–C) groups is 1. The number of amides is 1. The Bertz CT molecular complexity index is 495. The lowest BCUT2D eigenvalue weighted by Gasteiger charge is -2.07. The summed E-state index contributed by atoms with van der Waals surface area (Å²) in [5.41, 5.74) is 11.8. The molecule has 1 amide bonds. The molecule has 0 atom stereocenters. The van der Waals surface area contributed by atoms with Crippen LogP contribution in [0.1, 0.15) is 38.2 Å². The number of carbonyl (C=O) groups is 1. The highest BCUT2D eigenvalue weighted by Crippen LogP contribution is 2.13. The topological polar surface area (TPSA) is 103 Å². The normalized spacial score (nSPS) is 10.7.